The van der Waals surface area contributed by atoms with Gasteiger partial charge in [-0.1, -0.05) is 32.9 Å². The van der Waals surface area contributed by atoms with Crippen molar-refractivity contribution in [3.05, 3.63) is 47.3 Å². The van der Waals surface area contributed by atoms with Gasteiger partial charge in [0.2, 0.25) is 11.8 Å². The largest absolute Gasteiger partial charge is 0.348 e. The van der Waals surface area contributed by atoms with Gasteiger partial charge in [0.05, 0.1) is 24.5 Å². The molecule has 2 N–H and O–H groups in total. The molecular formula is C21H28N4O2. The average Bonchev–Trinajstić information content (AvgIpc) is 3.04. The van der Waals surface area contributed by atoms with Gasteiger partial charge >= 0.3 is 0 Å². The van der Waals surface area contributed by atoms with Gasteiger partial charge in [0.25, 0.3) is 0 Å². The fourth-order valence-corrected chi connectivity index (χ4v) is 3.48. The summed E-state index contributed by atoms with van der Waals surface area (Å²) in [4.78, 5) is 23.1. The molecule has 1 aromatic carbocycles. The minimum atomic E-state index is -0.207. The first kappa shape index (κ1) is 19.1. The molecule has 6 heteroatoms. The molecule has 0 aliphatic heterocycles. The lowest BCUT2D eigenvalue weighted by Crippen LogP contribution is -2.38. The summed E-state index contributed by atoms with van der Waals surface area (Å²) in [6.45, 7) is 8.01. The number of nitrogens with one attached hydrogen (secondary N) is 2. The molecule has 3 rings (SSSR count). The molecule has 1 unspecified atom stereocenters. The smallest absolute Gasteiger partial charge is 0.239 e. The Kier molecular flexibility index (Phi) is 5.35. The predicted octanol–water partition coefficient (Wildman–Crippen LogP) is 2.80. The molecule has 1 atom stereocenters. The molecule has 1 aliphatic carbocycles. The van der Waals surface area contributed by atoms with Gasteiger partial charge in [0, 0.05) is 18.2 Å². The van der Waals surface area contributed by atoms with Gasteiger partial charge in [-0.2, -0.15) is 5.10 Å². The van der Waals surface area contributed by atoms with Crippen LogP contribution in [0, 0.1) is 0 Å². The number of carbonyl (C=O) groups is 2. The van der Waals surface area contributed by atoms with Crippen LogP contribution in [0.15, 0.2) is 30.5 Å². The number of hydrogen-bond donors (Lipinski definition) is 2. The Labute approximate surface area is 160 Å². The van der Waals surface area contributed by atoms with Gasteiger partial charge in [-0.25, -0.2) is 4.68 Å². The molecule has 2 aromatic rings. The lowest BCUT2D eigenvalue weighted by molar-refractivity contribution is -0.125. The summed E-state index contributed by atoms with van der Waals surface area (Å²) in [5.74, 6) is -0.383. The van der Waals surface area contributed by atoms with Gasteiger partial charge in [0.15, 0.2) is 0 Å². The normalized spacial score (nSPS) is 16.5. The lowest BCUT2D eigenvalue weighted by atomic mass is 9.87. The third-order valence-electron chi connectivity index (χ3n) is 4.99. The average molecular weight is 368 g/mol. The van der Waals surface area contributed by atoms with E-state index in [1.807, 2.05) is 10.9 Å². The third-order valence-corrected chi connectivity index (χ3v) is 4.99. The molecule has 6 nitrogen and oxygen atoms in total. The highest BCUT2D eigenvalue weighted by atomic mass is 16.2. The molecule has 2 amide bonds. The second-order valence-corrected chi connectivity index (χ2v) is 8.18. The van der Waals surface area contributed by atoms with Crippen LogP contribution in [0.4, 0.5) is 0 Å². The molecule has 144 valence electrons. The third kappa shape index (κ3) is 4.38. The van der Waals surface area contributed by atoms with Crippen molar-refractivity contribution in [3.8, 4) is 5.69 Å². The first-order valence-electron chi connectivity index (χ1n) is 9.47. The SMILES string of the molecule is CC(=O)NCC(=O)NC1CCCc2c1cnn2-c1ccc(C(C)(C)C)cc1. The van der Waals surface area contributed by atoms with Gasteiger partial charge in [-0.15, -0.1) is 0 Å². The summed E-state index contributed by atoms with van der Waals surface area (Å²) < 4.78 is 1.98. The molecule has 0 radical (unpaired) electrons. The van der Waals surface area contributed by atoms with Crippen LogP contribution < -0.4 is 10.6 Å². The summed E-state index contributed by atoms with van der Waals surface area (Å²) >= 11 is 0. The summed E-state index contributed by atoms with van der Waals surface area (Å²) in [6, 6.07) is 8.45. The number of nitrogens with zero attached hydrogens (tertiary/aromatic N) is 2. The Morgan fingerprint density at radius 2 is 1.93 bits per heavy atom. The van der Waals surface area contributed by atoms with Crippen LogP contribution in [0.25, 0.3) is 5.69 Å². The Balaban J connectivity index is 1.79. The highest BCUT2D eigenvalue weighted by Crippen LogP contribution is 2.31. The van der Waals surface area contributed by atoms with Crippen LogP contribution in [0.1, 0.15) is 63.4 Å². The molecule has 0 saturated carbocycles. The zero-order valence-corrected chi connectivity index (χ0v) is 16.5. The topological polar surface area (TPSA) is 76.0 Å². The van der Waals surface area contributed by atoms with E-state index in [2.05, 4.69) is 60.8 Å². The predicted molar refractivity (Wildman–Crippen MR) is 105 cm³/mol. The standard InChI is InChI=1S/C21H28N4O2/c1-14(26)22-13-20(27)24-18-6-5-7-19-17(18)12-23-25(19)16-10-8-15(9-11-16)21(2,3)4/h8-12,18H,5-7,13H2,1-4H3,(H,22,26)(H,24,27). The molecule has 1 heterocycles. The first-order valence-corrected chi connectivity index (χ1v) is 9.47. The Morgan fingerprint density at radius 1 is 1.22 bits per heavy atom. The second-order valence-electron chi connectivity index (χ2n) is 8.18. The van der Waals surface area contributed by atoms with Crippen molar-refractivity contribution in [1.29, 1.82) is 0 Å². The molecule has 0 saturated heterocycles. The van der Waals surface area contributed by atoms with E-state index in [1.54, 1.807) is 0 Å². The molecule has 0 spiro atoms. The van der Waals surface area contributed by atoms with E-state index in [-0.39, 0.29) is 29.8 Å². The summed E-state index contributed by atoms with van der Waals surface area (Å²) in [7, 11) is 0. The number of aromatic nitrogens is 2. The van der Waals surface area contributed by atoms with Gasteiger partial charge in [0.1, 0.15) is 0 Å². The number of rotatable bonds is 4. The zero-order chi connectivity index (χ0) is 19.6. The monoisotopic (exact) mass is 368 g/mol. The van der Waals surface area contributed by atoms with Crippen LogP contribution in [0.3, 0.4) is 0 Å². The van der Waals surface area contributed by atoms with Crippen LogP contribution in [0.5, 0.6) is 0 Å². The van der Waals surface area contributed by atoms with E-state index in [1.165, 1.54) is 12.5 Å². The van der Waals surface area contributed by atoms with E-state index >= 15 is 0 Å². The molecule has 27 heavy (non-hydrogen) atoms. The Morgan fingerprint density at radius 3 is 2.56 bits per heavy atom. The highest BCUT2D eigenvalue weighted by Gasteiger charge is 2.26. The number of benzene rings is 1. The van der Waals surface area contributed by atoms with Crippen molar-refractivity contribution in [2.45, 2.75) is 58.4 Å². The van der Waals surface area contributed by atoms with E-state index in [0.29, 0.717) is 0 Å². The highest BCUT2D eigenvalue weighted by molar-refractivity contribution is 5.83. The van der Waals surface area contributed by atoms with Gasteiger partial charge in [-0.3, -0.25) is 9.59 Å². The van der Waals surface area contributed by atoms with Crippen LogP contribution in [-0.2, 0) is 21.4 Å². The molecular weight excluding hydrogens is 340 g/mol. The maximum Gasteiger partial charge on any atom is 0.239 e. The summed E-state index contributed by atoms with van der Waals surface area (Å²) in [5.41, 5.74) is 4.66. The minimum absolute atomic E-state index is 0.00354. The van der Waals surface area contributed by atoms with E-state index in [9.17, 15) is 9.59 Å². The number of fused-ring (bicyclic) bond motifs is 1. The molecule has 0 fully saturated rings. The summed E-state index contributed by atoms with van der Waals surface area (Å²) in [5, 5.41) is 10.1. The molecule has 1 aromatic heterocycles. The van der Waals surface area contributed by atoms with Crippen LogP contribution in [-0.4, -0.2) is 28.1 Å². The molecule has 1 aliphatic rings. The summed E-state index contributed by atoms with van der Waals surface area (Å²) in [6.07, 6.45) is 4.67. The second kappa shape index (κ2) is 7.55. The Bertz CT molecular complexity index is 831. The number of amides is 2. The van der Waals surface area contributed by atoms with E-state index in [0.717, 1.165) is 36.2 Å². The van der Waals surface area contributed by atoms with Gasteiger partial charge < -0.3 is 10.6 Å². The van der Waals surface area contributed by atoms with E-state index in [4.69, 9.17) is 0 Å². The first-order chi connectivity index (χ1) is 12.8. The Hall–Kier alpha value is -2.63. The maximum absolute atomic E-state index is 12.1. The van der Waals surface area contributed by atoms with Crippen LogP contribution >= 0.6 is 0 Å². The quantitative estimate of drug-likeness (QED) is 0.871. The van der Waals surface area contributed by atoms with Gasteiger partial charge in [-0.05, 0) is 42.4 Å². The fraction of sp³-hybridized carbons (Fsp3) is 0.476. The molecule has 0 bridgehead atoms. The van der Waals surface area contributed by atoms with Crippen molar-refractivity contribution in [2.24, 2.45) is 0 Å². The van der Waals surface area contributed by atoms with Crippen molar-refractivity contribution in [1.82, 2.24) is 20.4 Å². The minimum Gasteiger partial charge on any atom is -0.348 e. The lowest BCUT2D eigenvalue weighted by Gasteiger charge is -2.24. The van der Waals surface area contributed by atoms with Crippen molar-refractivity contribution >= 4 is 11.8 Å². The number of hydrogen-bond acceptors (Lipinski definition) is 3. The van der Waals surface area contributed by atoms with Crippen molar-refractivity contribution in [3.63, 3.8) is 0 Å². The van der Waals surface area contributed by atoms with Crippen LogP contribution in [0.2, 0.25) is 0 Å². The fourth-order valence-electron chi connectivity index (χ4n) is 3.48. The maximum atomic E-state index is 12.1. The van der Waals surface area contributed by atoms with Crippen molar-refractivity contribution in [2.75, 3.05) is 6.54 Å². The number of carbonyl (C=O) groups excluding carboxylic acids is 2. The van der Waals surface area contributed by atoms with E-state index < -0.39 is 0 Å². The van der Waals surface area contributed by atoms with Crippen molar-refractivity contribution < 1.29 is 9.59 Å². The zero-order valence-electron chi connectivity index (χ0n) is 16.5.